The molecule has 1 aliphatic rings. The van der Waals surface area contributed by atoms with Gasteiger partial charge in [0.25, 0.3) is 11.5 Å². The number of amides is 1. The van der Waals surface area contributed by atoms with Crippen molar-refractivity contribution in [3.63, 3.8) is 0 Å². The van der Waals surface area contributed by atoms with Gasteiger partial charge in [0.2, 0.25) is 0 Å². The number of nitrogens with one attached hydrogen (secondary N) is 1. The van der Waals surface area contributed by atoms with Crippen molar-refractivity contribution in [1.82, 2.24) is 20.0 Å². The van der Waals surface area contributed by atoms with E-state index in [9.17, 15) is 9.59 Å². The Bertz CT molecular complexity index is 1130. The van der Waals surface area contributed by atoms with Gasteiger partial charge in [-0.1, -0.05) is 48.9 Å². The number of para-hydroxylation sites is 1. The van der Waals surface area contributed by atoms with Crippen molar-refractivity contribution in [2.24, 2.45) is 0 Å². The molecule has 0 saturated carbocycles. The number of hydrogen-bond donors (Lipinski definition) is 1. The number of rotatable bonds is 9. The largest absolute Gasteiger partial charge is 0.492 e. The predicted octanol–water partition coefficient (Wildman–Crippen LogP) is 3.63. The minimum Gasteiger partial charge on any atom is -0.492 e. The maximum Gasteiger partial charge on any atom is 0.271 e. The van der Waals surface area contributed by atoms with Crippen LogP contribution in [0.4, 0.5) is 0 Å². The van der Waals surface area contributed by atoms with E-state index in [4.69, 9.17) is 4.74 Å². The van der Waals surface area contributed by atoms with Gasteiger partial charge in [-0.3, -0.25) is 14.5 Å². The van der Waals surface area contributed by atoms with Gasteiger partial charge in [0.1, 0.15) is 18.1 Å². The highest BCUT2D eigenvalue weighted by atomic mass is 16.5. The van der Waals surface area contributed by atoms with Crippen LogP contribution in [0.5, 0.6) is 5.75 Å². The van der Waals surface area contributed by atoms with Crippen molar-refractivity contribution in [3.8, 4) is 5.75 Å². The van der Waals surface area contributed by atoms with Crippen LogP contribution in [-0.4, -0.2) is 39.8 Å². The Morgan fingerprint density at radius 2 is 1.79 bits per heavy atom. The highest BCUT2D eigenvalue weighted by molar-refractivity contribution is 5.91. The Kier molecular flexibility index (Phi) is 8.09. The molecule has 7 nitrogen and oxygen atoms in total. The maximum absolute atomic E-state index is 12.6. The Balaban J connectivity index is 1.28. The normalized spacial score (nSPS) is 16.2. The number of likely N-dealkylation sites (tertiary alicyclic amines) is 1. The number of benzene rings is 2. The quantitative estimate of drug-likeness (QED) is 0.528. The lowest BCUT2D eigenvalue weighted by Crippen LogP contribution is -2.36. The molecule has 4 rings (SSSR count). The van der Waals surface area contributed by atoms with Crippen molar-refractivity contribution < 1.29 is 9.53 Å². The monoisotopic (exact) mass is 460 g/mol. The van der Waals surface area contributed by atoms with Gasteiger partial charge in [-0.05, 0) is 55.6 Å². The summed E-state index contributed by atoms with van der Waals surface area (Å²) in [6, 6.07) is 21.2. The summed E-state index contributed by atoms with van der Waals surface area (Å²) in [6.07, 6.45) is 3.87. The van der Waals surface area contributed by atoms with E-state index >= 15 is 0 Å². The van der Waals surface area contributed by atoms with Gasteiger partial charge in [-0.15, -0.1) is 0 Å². The highest BCUT2D eigenvalue weighted by Gasteiger charge is 2.18. The molecule has 0 aliphatic carbocycles. The van der Waals surface area contributed by atoms with Crippen LogP contribution in [0.1, 0.15) is 47.8 Å². The molecule has 1 atom stereocenters. The van der Waals surface area contributed by atoms with Crippen molar-refractivity contribution >= 4 is 5.91 Å². The summed E-state index contributed by atoms with van der Waals surface area (Å²) < 4.78 is 6.89. The lowest BCUT2D eigenvalue weighted by molar-refractivity contribution is 0.0943. The second-order valence-corrected chi connectivity index (χ2v) is 8.76. The Labute approximate surface area is 200 Å². The average Bonchev–Trinajstić information content (AvgIpc) is 2.86. The van der Waals surface area contributed by atoms with Crippen molar-refractivity contribution in [3.05, 3.63) is 93.9 Å². The zero-order valence-corrected chi connectivity index (χ0v) is 19.7. The molecule has 2 aromatic carbocycles. The van der Waals surface area contributed by atoms with E-state index in [0.717, 1.165) is 24.4 Å². The first-order valence-electron chi connectivity index (χ1n) is 11.9. The lowest BCUT2D eigenvalue weighted by atomic mass is 10.0. The van der Waals surface area contributed by atoms with E-state index in [1.807, 2.05) is 30.3 Å². The number of carbonyl (C=O) groups is 1. The topological polar surface area (TPSA) is 76.5 Å². The van der Waals surface area contributed by atoms with Crippen molar-refractivity contribution in [2.45, 2.75) is 51.9 Å². The van der Waals surface area contributed by atoms with Gasteiger partial charge in [0.05, 0.1) is 6.54 Å². The fourth-order valence-corrected chi connectivity index (χ4v) is 4.16. The molecule has 7 heteroatoms. The fourth-order valence-electron chi connectivity index (χ4n) is 4.16. The number of hydrogen-bond acceptors (Lipinski definition) is 5. The molecule has 1 aromatic heterocycles. The third-order valence-electron chi connectivity index (χ3n) is 6.22. The Hall–Kier alpha value is -3.45. The van der Waals surface area contributed by atoms with Crippen LogP contribution in [0, 0.1) is 0 Å². The van der Waals surface area contributed by atoms with Gasteiger partial charge in [-0.25, -0.2) is 4.68 Å². The molecule has 178 valence electrons. The smallest absolute Gasteiger partial charge is 0.271 e. The molecule has 2 heterocycles. The lowest BCUT2D eigenvalue weighted by Gasteiger charge is -2.33. The molecule has 1 fully saturated rings. The van der Waals surface area contributed by atoms with Crippen LogP contribution in [-0.2, 0) is 19.6 Å². The van der Waals surface area contributed by atoms with Crippen LogP contribution in [0.2, 0.25) is 0 Å². The zero-order chi connectivity index (χ0) is 23.8. The number of carbonyl (C=O) groups excluding carboxylic acids is 1. The number of aromatic nitrogens is 2. The summed E-state index contributed by atoms with van der Waals surface area (Å²) in [7, 11) is 0. The average molecular weight is 461 g/mol. The zero-order valence-electron chi connectivity index (χ0n) is 19.7. The van der Waals surface area contributed by atoms with E-state index < -0.39 is 0 Å². The third-order valence-corrected chi connectivity index (χ3v) is 6.22. The molecule has 0 radical (unpaired) electrons. The standard InChI is InChI=1S/C27H32N4O3/c1-21-7-5-6-16-30(21)20-23-12-10-22(11-13-23)19-28-27(33)25-14-15-26(32)31(29-25)17-18-34-24-8-3-2-4-9-24/h2-4,8-15,21H,5-7,16-20H2,1H3,(H,28,33). The van der Waals surface area contributed by atoms with Crippen LogP contribution < -0.4 is 15.6 Å². The van der Waals surface area contributed by atoms with E-state index in [-0.39, 0.29) is 30.3 Å². The Morgan fingerprint density at radius 3 is 2.56 bits per heavy atom. The maximum atomic E-state index is 12.6. The van der Waals surface area contributed by atoms with E-state index in [2.05, 4.69) is 46.5 Å². The van der Waals surface area contributed by atoms with E-state index in [0.29, 0.717) is 12.6 Å². The summed E-state index contributed by atoms with van der Waals surface area (Å²) >= 11 is 0. The summed E-state index contributed by atoms with van der Waals surface area (Å²) in [5, 5.41) is 7.10. The molecule has 3 aromatic rings. The van der Waals surface area contributed by atoms with Crippen LogP contribution in [0.25, 0.3) is 0 Å². The predicted molar refractivity (Wildman–Crippen MR) is 132 cm³/mol. The summed E-state index contributed by atoms with van der Waals surface area (Å²) in [4.78, 5) is 27.3. The molecular weight excluding hydrogens is 428 g/mol. The highest BCUT2D eigenvalue weighted by Crippen LogP contribution is 2.19. The first kappa shape index (κ1) is 23.7. The molecule has 0 bridgehead atoms. The van der Waals surface area contributed by atoms with Crippen molar-refractivity contribution in [2.75, 3.05) is 13.2 Å². The SMILES string of the molecule is CC1CCCCN1Cc1ccc(CNC(=O)c2ccc(=O)n(CCOc3ccccc3)n2)cc1. The van der Waals surface area contributed by atoms with Gasteiger partial charge in [0.15, 0.2) is 0 Å². The van der Waals surface area contributed by atoms with Crippen LogP contribution in [0.15, 0.2) is 71.5 Å². The third kappa shape index (κ3) is 6.54. The first-order valence-corrected chi connectivity index (χ1v) is 11.9. The summed E-state index contributed by atoms with van der Waals surface area (Å²) in [6.45, 7) is 5.36. The minimum atomic E-state index is -0.316. The summed E-state index contributed by atoms with van der Waals surface area (Å²) in [5.41, 5.74) is 2.24. The molecule has 1 unspecified atom stereocenters. The fraction of sp³-hybridized carbons (Fsp3) is 0.370. The number of ether oxygens (including phenoxy) is 1. The second kappa shape index (κ2) is 11.6. The van der Waals surface area contributed by atoms with E-state index in [1.54, 1.807) is 0 Å². The van der Waals surface area contributed by atoms with Crippen LogP contribution >= 0.6 is 0 Å². The van der Waals surface area contributed by atoms with Crippen molar-refractivity contribution in [1.29, 1.82) is 0 Å². The number of piperidine rings is 1. The minimum absolute atomic E-state index is 0.204. The summed E-state index contributed by atoms with van der Waals surface area (Å²) in [5.74, 6) is 0.407. The molecule has 1 N–H and O–H groups in total. The van der Waals surface area contributed by atoms with Gasteiger partial charge < -0.3 is 10.1 Å². The molecule has 0 spiro atoms. The second-order valence-electron chi connectivity index (χ2n) is 8.76. The molecule has 1 amide bonds. The molecule has 1 saturated heterocycles. The van der Waals surface area contributed by atoms with E-state index in [1.165, 1.54) is 41.6 Å². The first-order chi connectivity index (χ1) is 16.6. The van der Waals surface area contributed by atoms with Gasteiger partial charge in [0, 0.05) is 25.2 Å². The molecular formula is C27H32N4O3. The Morgan fingerprint density at radius 1 is 1.03 bits per heavy atom. The molecule has 1 aliphatic heterocycles. The van der Waals surface area contributed by atoms with Gasteiger partial charge in [-0.2, -0.15) is 5.10 Å². The van der Waals surface area contributed by atoms with Gasteiger partial charge >= 0.3 is 0 Å². The molecule has 34 heavy (non-hydrogen) atoms. The number of nitrogens with zero attached hydrogens (tertiary/aromatic N) is 3. The van der Waals surface area contributed by atoms with Crippen LogP contribution in [0.3, 0.4) is 0 Å².